The van der Waals surface area contributed by atoms with E-state index >= 15 is 0 Å². The number of carbonyl (C=O) groups is 1. The molecule has 4 bridgehead atoms. The molecule has 0 aliphatic heterocycles. The van der Waals surface area contributed by atoms with Crippen LogP contribution >= 0.6 is 0 Å². The first-order valence-corrected chi connectivity index (χ1v) is 11.2. The highest BCUT2D eigenvalue weighted by Crippen LogP contribution is 2.61. The quantitative estimate of drug-likeness (QED) is 0.871. The van der Waals surface area contributed by atoms with E-state index in [1.54, 1.807) is 6.26 Å². The van der Waals surface area contributed by atoms with Gasteiger partial charge in [0.25, 0.3) is 0 Å². The number of hydrogen-bond donors (Lipinski definition) is 1. The molecule has 1 aromatic rings. The van der Waals surface area contributed by atoms with Gasteiger partial charge in [0.1, 0.15) is 0 Å². The molecule has 0 spiro atoms. The second-order valence-corrected chi connectivity index (χ2v) is 10.2. The van der Waals surface area contributed by atoms with Crippen molar-refractivity contribution in [3.05, 3.63) is 29.8 Å². The van der Waals surface area contributed by atoms with Gasteiger partial charge in [-0.15, -0.1) is 0 Å². The van der Waals surface area contributed by atoms with E-state index in [-0.39, 0.29) is 11.9 Å². The monoisotopic (exact) mass is 359 g/mol. The lowest BCUT2D eigenvalue weighted by Gasteiger charge is -2.59. The van der Waals surface area contributed by atoms with Crippen molar-refractivity contribution in [1.82, 2.24) is 5.32 Å². The van der Waals surface area contributed by atoms with Gasteiger partial charge in [-0.25, -0.2) is 0 Å². The van der Waals surface area contributed by atoms with Crippen LogP contribution in [-0.2, 0) is 22.0 Å². The Morgan fingerprint density at radius 1 is 1.12 bits per heavy atom. The minimum Gasteiger partial charge on any atom is -0.353 e. The van der Waals surface area contributed by atoms with Gasteiger partial charge < -0.3 is 5.32 Å². The van der Waals surface area contributed by atoms with Crippen LogP contribution in [0.1, 0.15) is 51.0 Å². The molecule has 4 aliphatic carbocycles. The Morgan fingerprint density at radius 2 is 1.64 bits per heavy atom. The van der Waals surface area contributed by atoms with Crippen molar-refractivity contribution in [3.63, 3.8) is 0 Å². The number of hydrogen-bond acceptors (Lipinski definition) is 2. The number of carbonyl (C=O) groups excluding carboxylic acids is 1. The summed E-state index contributed by atoms with van der Waals surface area (Å²) in [4.78, 5) is 13.4. The van der Waals surface area contributed by atoms with Gasteiger partial charge in [-0.1, -0.05) is 12.1 Å². The lowest BCUT2D eigenvalue weighted by Crippen LogP contribution is -2.56. The fraction of sp³-hybridized carbons (Fsp3) is 0.667. The molecule has 0 saturated heterocycles. The Morgan fingerprint density at radius 3 is 2.12 bits per heavy atom. The van der Waals surface area contributed by atoms with Crippen molar-refractivity contribution in [1.29, 1.82) is 0 Å². The summed E-state index contributed by atoms with van der Waals surface area (Å²) in [5, 5.41) is 3.32. The molecule has 4 saturated carbocycles. The van der Waals surface area contributed by atoms with Crippen LogP contribution in [0.3, 0.4) is 0 Å². The third kappa shape index (κ3) is 3.42. The molecule has 5 rings (SSSR count). The first kappa shape index (κ1) is 17.3. The Labute approximate surface area is 153 Å². The molecule has 3 nitrogen and oxygen atoms in total. The summed E-state index contributed by atoms with van der Waals surface area (Å²) in [6, 6.07) is 7.84. The second-order valence-electron chi connectivity index (χ2n) is 8.84. The molecule has 0 heterocycles. The molecule has 1 amide bonds. The van der Waals surface area contributed by atoms with Crippen LogP contribution in [0.5, 0.6) is 0 Å². The van der Waals surface area contributed by atoms with Gasteiger partial charge in [-0.3, -0.25) is 9.00 Å². The highest BCUT2D eigenvalue weighted by Gasteiger charge is 2.53. The zero-order valence-electron chi connectivity index (χ0n) is 15.3. The van der Waals surface area contributed by atoms with E-state index in [0.29, 0.717) is 11.8 Å². The predicted molar refractivity (Wildman–Crippen MR) is 101 cm³/mol. The summed E-state index contributed by atoms with van der Waals surface area (Å²) in [5.74, 6) is 2.85. The van der Waals surface area contributed by atoms with Crippen LogP contribution in [0.25, 0.3) is 0 Å². The zero-order chi connectivity index (χ0) is 17.6. The van der Waals surface area contributed by atoms with Crippen molar-refractivity contribution in [3.8, 4) is 0 Å². The van der Waals surface area contributed by atoms with E-state index in [2.05, 4.69) is 12.2 Å². The van der Waals surface area contributed by atoms with E-state index in [1.165, 1.54) is 38.5 Å². The third-order valence-corrected chi connectivity index (χ3v) is 7.94. The minimum atomic E-state index is -0.966. The molecule has 136 valence electrons. The summed E-state index contributed by atoms with van der Waals surface area (Å²) in [6.45, 7) is 2.23. The third-order valence-electron chi connectivity index (χ3n) is 7.00. The first-order chi connectivity index (χ1) is 11.9. The van der Waals surface area contributed by atoms with Gasteiger partial charge in [0, 0.05) is 28.0 Å². The molecule has 4 aliphatic rings. The van der Waals surface area contributed by atoms with Gasteiger partial charge in [0.2, 0.25) is 5.91 Å². The van der Waals surface area contributed by atoms with Crippen molar-refractivity contribution in [2.24, 2.45) is 23.2 Å². The molecular weight excluding hydrogens is 330 g/mol. The van der Waals surface area contributed by atoms with Gasteiger partial charge >= 0.3 is 0 Å². The van der Waals surface area contributed by atoms with Crippen molar-refractivity contribution < 1.29 is 9.00 Å². The standard InChI is InChI=1S/C21H29NO2S/c1-14(21-11-16-7-17(12-21)9-18(8-16)13-21)22-20(23)10-15-3-5-19(6-4-15)25(2)24/h3-6,14,16-18H,7-13H2,1-2H3,(H,22,23)/t14-,16?,17?,18?,21?,25+/m1/s1. The van der Waals surface area contributed by atoms with Crippen LogP contribution < -0.4 is 5.32 Å². The minimum absolute atomic E-state index is 0.119. The smallest absolute Gasteiger partial charge is 0.224 e. The van der Waals surface area contributed by atoms with Gasteiger partial charge in [-0.2, -0.15) is 0 Å². The largest absolute Gasteiger partial charge is 0.353 e. The number of amides is 1. The molecule has 0 unspecified atom stereocenters. The second kappa shape index (κ2) is 6.53. The number of nitrogens with one attached hydrogen (secondary N) is 1. The average molecular weight is 360 g/mol. The lowest BCUT2D eigenvalue weighted by atomic mass is 9.48. The normalized spacial score (nSPS) is 35.4. The summed E-state index contributed by atoms with van der Waals surface area (Å²) in [7, 11) is -0.966. The lowest BCUT2D eigenvalue weighted by molar-refractivity contribution is -0.125. The molecular formula is C21H29NO2S. The Hall–Kier alpha value is -1.16. The van der Waals surface area contributed by atoms with E-state index in [0.717, 1.165) is 28.2 Å². The van der Waals surface area contributed by atoms with Crippen molar-refractivity contribution >= 4 is 16.7 Å². The maximum absolute atomic E-state index is 12.6. The van der Waals surface area contributed by atoms with E-state index in [4.69, 9.17) is 0 Å². The van der Waals surface area contributed by atoms with Crippen molar-refractivity contribution in [2.45, 2.75) is 62.8 Å². The number of rotatable bonds is 5. The Bertz CT molecular complexity index is 646. The van der Waals surface area contributed by atoms with E-state index in [9.17, 15) is 9.00 Å². The molecule has 25 heavy (non-hydrogen) atoms. The summed E-state index contributed by atoms with van der Waals surface area (Å²) >= 11 is 0. The molecule has 0 radical (unpaired) electrons. The Balaban J connectivity index is 1.38. The van der Waals surface area contributed by atoms with Gasteiger partial charge in [-0.05, 0) is 86.3 Å². The zero-order valence-corrected chi connectivity index (χ0v) is 16.1. The van der Waals surface area contributed by atoms with E-state index < -0.39 is 10.8 Å². The maximum atomic E-state index is 12.6. The molecule has 1 N–H and O–H groups in total. The molecule has 4 fully saturated rings. The average Bonchev–Trinajstić information content (AvgIpc) is 2.54. The van der Waals surface area contributed by atoms with Crippen LogP contribution in [0.2, 0.25) is 0 Å². The van der Waals surface area contributed by atoms with E-state index in [1.807, 2.05) is 24.3 Å². The van der Waals surface area contributed by atoms with Gasteiger partial charge in [0.15, 0.2) is 0 Å². The van der Waals surface area contributed by atoms with Crippen LogP contribution in [-0.4, -0.2) is 22.4 Å². The van der Waals surface area contributed by atoms with Crippen LogP contribution in [0, 0.1) is 23.2 Å². The fourth-order valence-electron chi connectivity index (χ4n) is 6.14. The van der Waals surface area contributed by atoms with Crippen LogP contribution in [0.15, 0.2) is 29.2 Å². The molecule has 0 aromatic heterocycles. The number of benzene rings is 1. The summed E-state index contributed by atoms with van der Waals surface area (Å²) in [5.41, 5.74) is 1.34. The molecule has 4 heteroatoms. The van der Waals surface area contributed by atoms with Gasteiger partial charge in [0.05, 0.1) is 6.42 Å². The highest BCUT2D eigenvalue weighted by atomic mass is 32.2. The highest BCUT2D eigenvalue weighted by molar-refractivity contribution is 7.84. The summed E-state index contributed by atoms with van der Waals surface area (Å²) < 4.78 is 11.5. The maximum Gasteiger partial charge on any atom is 0.224 e. The predicted octanol–water partition coefficient (Wildman–Crippen LogP) is 3.69. The topological polar surface area (TPSA) is 46.2 Å². The van der Waals surface area contributed by atoms with Crippen molar-refractivity contribution in [2.75, 3.05) is 6.26 Å². The van der Waals surface area contributed by atoms with Crippen LogP contribution in [0.4, 0.5) is 0 Å². The molecule has 1 aromatic carbocycles. The Kier molecular flexibility index (Phi) is 4.51. The summed E-state index contributed by atoms with van der Waals surface area (Å²) in [6.07, 6.45) is 10.3. The first-order valence-electron chi connectivity index (χ1n) is 9.65. The SMILES string of the molecule is C[C@@H](NC(=O)Cc1ccc([S@](C)=O)cc1)C12CC3CC(CC(C3)C1)C2. The molecule has 2 atom stereocenters. The fourth-order valence-corrected chi connectivity index (χ4v) is 6.66.